The standard InChI is InChI=1S/C23H37N5O3.HI/c1-5-24-23(25-7-8-27-9-11-28(12-10-27)18(4)29)26-16-20-15-22-19(13-17(3)31-22)14-21(20)30-6-2;/h14-15,17H,5-13,16H2,1-4H3,(H2,24,25,26);1H. The van der Waals surface area contributed by atoms with E-state index in [0.717, 1.165) is 75.3 Å². The van der Waals surface area contributed by atoms with Crippen LogP contribution in [0.2, 0.25) is 0 Å². The van der Waals surface area contributed by atoms with Crippen molar-refractivity contribution >= 4 is 35.8 Å². The fraction of sp³-hybridized carbons (Fsp3) is 0.652. The lowest BCUT2D eigenvalue weighted by molar-refractivity contribution is -0.130. The molecule has 9 heteroatoms. The second-order valence-corrected chi connectivity index (χ2v) is 8.10. The van der Waals surface area contributed by atoms with E-state index >= 15 is 0 Å². The number of carbonyl (C=O) groups is 1. The average molecular weight is 559 g/mol. The maximum absolute atomic E-state index is 11.5. The predicted molar refractivity (Wildman–Crippen MR) is 138 cm³/mol. The van der Waals surface area contributed by atoms with Crippen LogP contribution in [-0.2, 0) is 17.8 Å². The number of aliphatic imine (C=N–C) groups is 1. The SMILES string of the molecule is CCNC(=NCc1cc2c(cc1OCC)CC(C)O2)NCCN1CCN(C(C)=O)CC1.I. The first kappa shape index (κ1) is 26.5. The molecule has 2 N–H and O–H groups in total. The molecule has 0 spiro atoms. The van der Waals surface area contributed by atoms with E-state index in [1.165, 1.54) is 5.56 Å². The summed E-state index contributed by atoms with van der Waals surface area (Å²) in [5, 5.41) is 6.75. The number of guanidine groups is 1. The number of amides is 1. The topological polar surface area (TPSA) is 78.4 Å². The molecule has 0 saturated carbocycles. The van der Waals surface area contributed by atoms with E-state index in [2.05, 4.69) is 41.5 Å². The summed E-state index contributed by atoms with van der Waals surface area (Å²) in [6.45, 7) is 14.9. The Labute approximate surface area is 209 Å². The van der Waals surface area contributed by atoms with Crippen LogP contribution in [-0.4, -0.2) is 80.2 Å². The number of piperazine rings is 1. The van der Waals surface area contributed by atoms with Gasteiger partial charge in [-0.05, 0) is 32.9 Å². The Bertz CT molecular complexity index is 781. The molecule has 0 aliphatic carbocycles. The van der Waals surface area contributed by atoms with Crippen molar-refractivity contribution in [2.75, 3.05) is 52.4 Å². The van der Waals surface area contributed by atoms with Gasteiger partial charge in [0.05, 0.1) is 13.2 Å². The lowest BCUT2D eigenvalue weighted by Crippen LogP contribution is -2.50. The molecular weight excluding hydrogens is 521 g/mol. The Morgan fingerprint density at radius 2 is 1.97 bits per heavy atom. The maximum atomic E-state index is 11.5. The minimum atomic E-state index is 0. The Kier molecular flexibility index (Phi) is 10.8. The zero-order chi connectivity index (χ0) is 22.2. The highest BCUT2D eigenvalue weighted by molar-refractivity contribution is 14.0. The van der Waals surface area contributed by atoms with Crippen LogP contribution in [0.3, 0.4) is 0 Å². The van der Waals surface area contributed by atoms with Gasteiger partial charge in [-0.3, -0.25) is 9.69 Å². The largest absolute Gasteiger partial charge is 0.494 e. The van der Waals surface area contributed by atoms with Gasteiger partial charge in [-0.1, -0.05) is 0 Å². The maximum Gasteiger partial charge on any atom is 0.219 e. The highest BCUT2D eigenvalue weighted by Crippen LogP contribution is 2.35. The van der Waals surface area contributed by atoms with Crippen molar-refractivity contribution in [2.45, 2.75) is 46.8 Å². The zero-order valence-electron chi connectivity index (χ0n) is 19.8. The molecule has 180 valence electrons. The molecule has 0 radical (unpaired) electrons. The van der Waals surface area contributed by atoms with E-state index in [9.17, 15) is 4.79 Å². The Balaban J connectivity index is 0.00000363. The molecule has 1 amide bonds. The smallest absolute Gasteiger partial charge is 0.219 e. The van der Waals surface area contributed by atoms with Gasteiger partial charge >= 0.3 is 0 Å². The van der Waals surface area contributed by atoms with Gasteiger partial charge in [0, 0.05) is 70.3 Å². The lowest BCUT2D eigenvalue weighted by atomic mass is 10.1. The fourth-order valence-electron chi connectivity index (χ4n) is 4.02. The number of carbonyl (C=O) groups excluding carboxylic acids is 1. The molecule has 0 bridgehead atoms. The van der Waals surface area contributed by atoms with E-state index < -0.39 is 0 Å². The van der Waals surface area contributed by atoms with Crippen LogP contribution in [0.4, 0.5) is 0 Å². The van der Waals surface area contributed by atoms with Crippen molar-refractivity contribution in [3.05, 3.63) is 23.3 Å². The molecule has 8 nitrogen and oxygen atoms in total. The number of rotatable bonds is 8. The van der Waals surface area contributed by atoms with Crippen molar-refractivity contribution in [3.63, 3.8) is 0 Å². The minimum absolute atomic E-state index is 0. The summed E-state index contributed by atoms with van der Waals surface area (Å²) in [7, 11) is 0. The molecule has 0 aromatic heterocycles. The lowest BCUT2D eigenvalue weighted by Gasteiger charge is -2.34. The molecule has 32 heavy (non-hydrogen) atoms. The van der Waals surface area contributed by atoms with Crippen molar-refractivity contribution in [1.82, 2.24) is 20.4 Å². The third-order valence-electron chi connectivity index (χ3n) is 5.67. The van der Waals surface area contributed by atoms with E-state index in [1.54, 1.807) is 6.92 Å². The third-order valence-corrected chi connectivity index (χ3v) is 5.67. The molecule has 1 aromatic rings. The Morgan fingerprint density at radius 3 is 2.62 bits per heavy atom. The summed E-state index contributed by atoms with van der Waals surface area (Å²) in [6.07, 6.45) is 1.13. The molecule has 2 aliphatic rings. The number of hydrogen-bond donors (Lipinski definition) is 2. The molecule has 2 heterocycles. The van der Waals surface area contributed by atoms with Crippen molar-refractivity contribution in [1.29, 1.82) is 0 Å². The van der Waals surface area contributed by atoms with Crippen LogP contribution in [0.15, 0.2) is 17.1 Å². The van der Waals surface area contributed by atoms with Gasteiger partial charge in [-0.2, -0.15) is 0 Å². The number of halogens is 1. The number of fused-ring (bicyclic) bond motifs is 1. The first-order chi connectivity index (χ1) is 15.0. The molecule has 2 aliphatic heterocycles. The van der Waals surface area contributed by atoms with Crippen molar-refractivity contribution in [2.24, 2.45) is 4.99 Å². The van der Waals surface area contributed by atoms with E-state index in [-0.39, 0.29) is 36.0 Å². The number of nitrogens with zero attached hydrogens (tertiary/aromatic N) is 3. The van der Waals surface area contributed by atoms with Crippen LogP contribution in [0.5, 0.6) is 11.5 Å². The summed E-state index contributed by atoms with van der Waals surface area (Å²) >= 11 is 0. The number of hydrogen-bond acceptors (Lipinski definition) is 5. The van der Waals surface area contributed by atoms with Gasteiger partial charge in [0.1, 0.15) is 17.6 Å². The predicted octanol–water partition coefficient (Wildman–Crippen LogP) is 2.25. The quantitative estimate of drug-likeness (QED) is 0.289. The molecule has 1 saturated heterocycles. The van der Waals surface area contributed by atoms with Crippen LogP contribution < -0.4 is 20.1 Å². The molecule has 3 rings (SSSR count). The van der Waals surface area contributed by atoms with Crippen LogP contribution in [0, 0.1) is 0 Å². The number of benzene rings is 1. The normalized spacial score (nSPS) is 18.4. The van der Waals surface area contributed by atoms with Gasteiger partial charge in [-0.25, -0.2) is 4.99 Å². The average Bonchev–Trinajstić information content (AvgIpc) is 3.11. The van der Waals surface area contributed by atoms with Gasteiger partial charge < -0.3 is 25.0 Å². The van der Waals surface area contributed by atoms with Crippen LogP contribution >= 0.6 is 24.0 Å². The first-order valence-electron chi connectivity index (χ1n) is 11.5. The van der Waals surface area contributed by atoms with E-state index in [4.69, 9.17) is 14.5 Å². The van der Waals surface area contributed by atoms with Gasteiger partial charge in [0.15, 0.2) is 5.96 Å². The van der Waals surface area contributed by atoms with Crippen LogP contribution in [0.1, 0.15) is 38.8 Å². The van der Waals surface area contributed by atoms with Crippen LogP contribution in [0.25, 0.3) is 0 Å². The van der Waals surface area contributed by atoms with E-state index in [1.807, 2.05) is 11.8 Å². The molecule has 1 atom stereocenters. The molecule has 1 unspecified atom stereocenters. The zero-order valence-corrected chi connectivity index (χ0v) is 22.1. The highest BCUT2D eigenvalue weighted by Gasteiger charge is 2.22. The monoisotopic (exact) mass is 559 g/mol. The summed E-state index contributed by atoms with van der Waals surface area (Å²) in [4.78, 5) is 20.5. The summed E-state index contributed by atoms with van der Waals surface area (Å²) in [5.74, 6) is 2.80. The molecule has 1 aromatic carbocycles. The highest BCUT2D eigenvalue weighted by atomic mass is 127. The summed E-state index contributed by atoms with van der Waals surface area (Å²) in [6, 6.07) is 4.18. The van der Waals surface area contributed by atoms with Gasteiger partial charge in [-0.15, -0.1) is 24.0 Å². The molecule has 1 fully saturated rings. The summed E-state index contributed by atoms with van der Waals surface area (Å²) < 4.78 is 11.8. The summed E-state index contributed by atoms with van der Waals surface area (Å²) in [5.41, 5.74) is 2.24. The third kappa shape index (κ3) is 7.40. The number of ether oxygens (including phenoxy) is 2. The minimum Gasteiger partial charge on any atom is -0.494 e. The second kappa shape index (κ2) is 13.1. The molecular formula is C23H38IN5O3. The van der Waals surface area contributed by atoms with Crippen molar-refractivity contribution < 1.29 is 14.3 Å². The Morgan fingerprint density at radius 1 is 1.22 bits per heavy atom. The first-order valence-corrected chi connectivity index (χ1v) is 11.5. The van der Waals surface area contributed by atoms with E-state index in [0.29, 0.717) is 13.2 Å². The van der Waals surface area contributed by atoms with Crippen molar-refractivity contribution in [3.8, 4) is 11.5 Å². The fourth-order valence-corrected chi connectivity index (χ4v) is 4.02. The Hall–Kier alpha value is -1.75. The second-order valence-electron chi connectivity index (χ2n) is 8.10. The van der Waals surface area contributed by atoms with Gasteiger partial charge in [0.25, 0.3) is 0 Å². The number of nitrogens with one attached hydrogen (secondary N) is 2. The van der Waals surface area contributed by atoms with Gasteiger partial charge in [0.2, 0.25) is 5.91 Å².